The summed E-state index contributed by atoms with van der Waals surface area (Å²) in [5.74, 6) is 0.693. The summed E-state index contributed by atoms with van der Waals surface area (Å²) in [4.78, 5) is 31.9. The van der Waals surface area contributed by atoms with E-state index in [0.29, 0.717) is 51.4 Å². The van der Waals surface area contributed by atoms with Gasteiger partial charge in [-0.25, -0.2) is 18.4 Å². The number of hydrogen-bond acceptors (Lipinski definition) is 6. The van der Waals surface area contributed by atoms with Gasteiger partial charge >= 0.3 is 12.2 Å². The van der Waals surface area contributed by atoms with E-state index in [9.17, 15) is 18.4 Å². The maximum Gasteiger partial charge on any atom is 0.410 e. The van der Waals surface area contributed by atoms with Gasteiger partial charge in [-0.15, -0.1) is 0 Å². The molecule has 0 radical (unpaired) electrons. The van der Waals surface area contributed by atoms with Crippen LogP contribution in [0.2, 0.25) is 0 Å². The Morgan fingerprint density at radius 2 is 1.72 bits per heavy atom. The van der Waals surface area contributed by atoms with Crippen LogP contribution in [0.25, 0.3) is 0 Å². The number of rotatable bonds is 5. The molecule has 1 fully saturated rings. The van der Waals surface area contributed by atoms with Crippen molar-refractivity contribution in [3.63, 3.8) is 0 Å². The third-order valence-electron chi connectivity index (χ3n) is 9.22. The highest BCUT2D eigenvalue weighted by Gasteiger charge is 2.43. The van der Waals surface area contributed by atoms with E-state index in [1.165, 1.54) is 6.07 Å². The molecule has 0 bridgehead atoms. The van der Waals surface area contributed by atoms with E-state index in [4.69, 9.17) is 14.6 Å². The number of nitrogens with zero attached hydrogens (tertiary/aromatic N) is 5. The third-order valence-corrected chi connectivity index (χ3v) is 9.22. The Labute approximate surface area is 275 Å². The number of aromatic nitrogens is 2. The van der Waals surface area contributed by atoms with Gasteiger partial charge in [-0.1, -0.05) is 56.3 Å². The quantitative estimate of drug-likeness (QED) is 0.280. The molecule has 0 atom stereocenters. The van der Waals surface area contributed by atoms with E-state index in [2.05, 4.69) is 23.4 Å². The van der Waals surface area contributed by atoms with Gasteiger partial charge in [0.2, 0.25) is 0 Å². The van der Waals surface area contributed by atoms with E-state index in [1.807, 2.05) is 51.1 Å². The minimum absolute atomic E-state index is 0.0136. The van der Waals surface area contributed by atoms with Gasteiger partial charge in [0.25, 0.3) is 6.43 Å². The molecule has 3 aromatic rings. The zero-order valence-electron chi connectivity index (χ0n) is 28.0. The zero-order valence-corrected chi connectivity index (χ0v) is 28.0. The number of halogens is 2. The molecule has 2 aromatic carbocycles. The first-order valence-electron chi connectivity index (χ1n) is 16.5. The summed E-state index contributed by atoms with van der Waals surface area (Å²) in [6, 6.07) is 14.5. The van der Waals surface area contributed by atoms with Crippen LogP contribution >= 0.6 is 0 Å². The maximum absolute atomic E-state index is 13.9. The molecule has 0 saturated carbocycles. The summed E-state index contributed by atoms with van der Waals surface area (Å²) >= 11 is 0. The third kappa shape index (κ3) is 6.94. The average molecular weight is 650 g/mol. The van der Waals surface area contributed by atoms with Crippen molar-refractivity contribution in [2.45, 2.75) is 96.9 Å². The lowest BCUT2D eigenvalue weighted by molar-refractivity contribution is 0.0168. The van der Waals surface area contributed by atoms with Crippen molar-refractivity contribution in [2.75, 3.05) is 31.1 Å². The smallest absolute Gasteiger partial charge is 0.410 e. The number of piperidine rings is 1. The molecule has 9 nitrogen and oxygen atoms in total. The van der Waals surface area contributed by atoms with Crippen LogP contribution in [0.15, 0.2) is 48.5 Å². The second-order valence-electron chi connectivity index (χ2n) is 14.5. The van der Waals surface area contributed by atoms with Crippen LogP contribution in [0.4, 0.5) is 29.9 Å². The summed E-state index contributed by atoms with van der Waals surface area (Å²) < 4.78 is 41.2. The predicted octanol–water partition coefficient (Wildman–Crippen LogP) is 7.91. The molecule has 47 heavy (non-hydrogen) atoms. The molecule has 2 amide bonds. The van der Waals surface area contributed by atoms with Crippen molar-refractivity contribution in [3.05, 3.63) is 76.5 Å². The molecule has 1 saturated heterocycles. The number of alkyl halides is 2. The van der Waals surface area contributed by atoms with Gasteiger partial charge in [0.05, 0.1) is 18.3 Å². The Morgan fingerprint density at radius 3 is 2.40 bits per heavy atom. The lowest BCUT2D eigenvalue weighted by Gasteiger charge is -2.41. The van der Waals surface area contributed by atoms with Gasteiger partial charge in [0, 0.05) is 48.4 Å². The van der Waals surface area contributed by atoms with Crippen molar-refractivity contribution in [2.24, 2.45) is 0 Å². The van der Waals surface area contributed by atoms with Gasteiger partial charge in [-0.3, -0.25) is 4.68 Å². The van der Waals surface area contributed by atoms with Gasteiger partial charge in [0.15, 0.2) is 5.82 Å². The average Bonchev–Trinajstić information content (AvgIpc) is 3.43. The highest BCUT2D eigenvalue weighted by Crippen LogP contribution is 2.45. The van der Waals surface area contributed by atoms with Gasteiger partial charge in [-0.2, -0.15) is 5.10 Å². The Bertz CT molecular complexity index is 1610. The molecular weight excluding hydrogens is 604 g/mol. The van der Waals surface area contributed by atoms with Crippen LogP contribution in [-0.4, -0.2) is 63.5 Å². The summed E-state index contributed by atoms with van der Waals surface area (Å²) in [7, 11) is 0. The molecule has 1 aromatic heterocycles. The van der Waals surface area contributed by atoms with Crippen molar-refractivity contribution in [1.29, 1.82) is 0 Å². The normalized spacial score (nSPS) is 18.2. The van der Waals surface area contributed by atoms with E-state index < -0.39 is 23.5 Å². The summed E-state index contributed by atoms with van der Waals surface area (Å²) in [5, 5.41) is 5.26. The summed E-state index contributed by atoms with van der Waals surface area (Å²) in [5.41, 5.74) is 3.48. The van der Waals surface area contributed by atoms with E-state index in [-0.39, 0.29) is 24.3 Å². The van der Waals surface area contributed by atoms with Crippen molar-refractivity contribution in [3.8, 4) is 0 Å². The number of carbonyl (C=O) groups is 2. The number of ether oxygens (including phenoxy) is 2. The van der Waals surface area contributed by atoms with E-state index in [0.717, 1.165) is 40.9 Å². The Kier molecular flexibility index (Phi) is 8.93. The Hall–Kier alpha value is -4.15. The number of carbonyl (C=O) groups excluding carboxylic acids is 2. The second kappa shape index (κ2) is 12.8. The van der Waals surface area contributed by atoms with Crippen LogP contribution in [0.1, 0.15) is 94.3 Å². The molecule has 0 aliphatic carbocycles. The maximum atomic E-state index is 13.9. The molecule has 0 spiro atoms. The largest absolute Gasteiger partial charge is 0.445 e. The number of aryl methyl sites for hydroxylation is 1. The van der Waals surface area contributed by atoms with Crippen molar-refractivity contribution >= 4 is 23.7 Å². The molecule has 3 aliphatic rings. The molecule has 0 unspecified atom stereocenters. The molecule has 252 valence electrons. The molecule has 4 heterocycles. The van der Waals surface area contributed by atoms with Crippen molar-refractivity contribution in [1.82, 2.24) is 19.6 Å². The van der Waals surface area contributed by atoms with E-state index >= 15 is 0 Å². The number of anilines is 2. The van der Waals surface area contributed by atoms with Gasteiger partial charge < -0.3 is 24.2 Å². The zero-order chi connectivity index (χ0) is 33.5. The van der Waals surface area contributed by atoms with Crippen LogP contribution in [0.5, 0.6) is 0 Å². The molecule has 3 aliphatic heterocycles. The van der Waals surface area contributed by atoms with Crippen LogP contribution in [-0.2, 0) is 34.5 Å². The predicted molar refractivity (Wildman–Crippen MR) is 175 cm³/mol. The van der Waals surface area contributed by atoms with Crippen LogP contribution < -0.4 is 4.90 Å². The summed E-state index contributed by atoms with van der Waals surface area (Å²) in [6.07, 6.45) is -0.280. The first kappa shape index (κ1) is 32.8. The number of likely N-dealkylation sites (tertiary alicyclic amines) is 1. The topological polar surface area (TPSA) is 80.1 Å². The van der Waals surface area contributed by atoms with Crippen molar-refractivity contribution < 1.29 is 27.8 Å². The highest BCUT2D eigenvalue weighted by molar-refractivity contribution is 5.73. The Morgan fingerprint density at radius 1 is 1.00 bits per heavy atom. The Balaban J connectivity index is 1.32. The standard InChI is InChI=1S/C36H45F2N5O4/c1-35(2,3)47-34(45)41-21-28-30(36(4,5)23-41)43(27-15-18-40(19-16-27)33(44)46-22-24-10-7-6-8-11-24)39-32(28)42-17-9-12-25-13-14-26(31(37)38)20-29(25)42/h6-8,10-11,13-14,20,27,31H,9,12,15-19,21-23H2,1-5H3. The van der Waals surface area contributed by atoms with E-state index in [1.54, 1.807) is 21.9 Å². The molecule has 11 heteroatoms. The first-order valence-corrected chi connectivity index (χ1v) is 16.5. The second-order valence-corrected chi connectivity index (χ2v) is 14.5. The monoisotopic (exact) mass is 649 g/mol. The highest BCUT2D eigenvalue weighted by atomic mass is 19.3. The lowest BCUT2D eigenvalue weighted by Crippen LogP contribution is -2.48. The number of hydrogen-bond donors (Lipinski definition) is 0. The number of benzene rings is 2. The molecular formula is C36H45F2N5O4. The number of fused-ring (bicyclic) bond motifs is 2. The van der Waals surface area contributed by atoms with Crippen LogP contribution in [0.3, 0.4) is 0 Å². The lowest BCUT2D eigenvalue weighted by atomic mass is 9.82. The molecule has 0 N–H and O–H groups in total. The van der Waals surface area contributed by atoms with Gasteiger partial charge in [0.1, 0.15) is 12.2 Å². The fourth-order valence-corrected chi connectivity index (χ4v) is 7.11. The minimum atomic E-state index is -2.58. The minimum Gasteiger partial charge on any atom is -0.445 e. The number of amides is 2. The molecule has 6 rings (SSSR count). The first-order chi connectivity index (χ1) is 22.3. The SMILES string of the molecule is CC(C)(C)OC(=O)N1Cc2c(N3CCCc4ccc(C(F)F)cc43)nn(C3CCN(C(=O)OCc4ccccc4)CC3)c2C(C)(C)C1. The fourth-order valence-electron chi connectivity index (χ4n) is 7.11. The fraction of sp³-hybridized carbons (Fsp3) is 0.528. The van der Waals surface area contributed by atoms with Crippen LogP contribution in [0, 0.1) is 0 Å². The van der Waals surface area contributed by atoms with Gasteiger partial charge in [-0.05, 0) is 63.6 Å². The summed E-state index contributed by atoms with van der Waals surface area (Å²) in [6.45, 7) is 12.4.